The smallest absolute Gasteiger partial charge is 0.138 e. The number of nitrogens with one attached hydrogen (secondary N) is 1. The minimum Gasteiger partial charge on any atom is -0.371 e. The van der Waals surface area contributed by atoms with Gasteiger partial charge in [-0.25, -0.2) is 9.97 Å². The zero-order valence-corrected chi connectivity index (χ0v) is 12.6. The number of nitrogens with zero attached hydrogens (tertiary/aromatic N) is 4. The van der Waals surface area contributed by atoms with Crippen molar-refractivity contribution in [2.45, 2.75) is 13.3 Å². The van der Waals surface area contributed by atoms with Crippen LogP contribution in [0.4, 0.5) is 23.0 Å². The molecule has 0 saturated carbocycles. The van der Waals surface area contributed by atoms with Crippen LogP contribution in [0.15, 0.2) is 36.7 Å². The van der Waals surface area contributed by atoms with Crippen molar-refractivity contribution >= 4 is 23.0 Å². The van der Waals surface area contributed by atoms with Crippen molar-refractivity contribution in [3.8, 4) is 0 Å². The van der Waals surface area contributed by atoms with E-state index >= 15 is 0 Å². The van der Waals surface area contributed by atoms with Crippen molar-refractivity contribution in [3.05, 3.63) is 36.7 Å². The minimum atomic E-state index is 0.887. The molecule has 0 aliphatic carbocycles. The van der Waals surface area contributed by atoms with E-state index in [1.165, 1.54) is 11.4 Å². The number of fused-ring (bicyclic) bond motifs is 1. The number of benzene rings is 1. The van der Waals surface area contributed by atoms with E-state index in [-0.39, 0.29) is 0 Å². The normalized spacial score (nSPS) is 14.0. The molecule has 1 N–H and O–H groups in total. The van der Waals surface area contributed by atoms with Crippen LogP contribution in [0.3, 0.4) is 0 Å². The van der Waals surface area contributed by atoms with Gasteiger partial charge in [0.05, 0.1) is 11.4 Å². The maximum atomic E-state index is 4.45. The largest absolute Gasteiger partial charge is 0.371 e. The maximum Gasteiger partial charge on any atom is 0.138 e. The predicted octanol–water partition coefficient (Wildman–Crippen LogP) is 2.89. The Hall–Kier alpha value is -2.30. The summed E-state index contributed by atoms with van der Waals surface area (Å²) in [6.07, 6.45) is 2.71. The van der Waals surface area contributed by atoms with E-state index in [2.05, 4.69) is 63.3 Å². The monoisotopic (exact) mass is 283 g/mol. The molecular formula is C16H21N5. The van der Waals surface area contributed by atoms with E-state index in [0.717, 1.165) is 37.7 Å². The molecule has 0 saturated heterocycles. The molecule has 1 aliphatic heterocycles. The Bertz CT molecular complexity index is 613. The molecule has 5 nitrogen and oxygen atoms in total. The van der Waals surface area contributed by atoms with Gasteiger partial charge in [0.2, 0.25) is 0 Å². The second-order valence-corrected chi connectivity index (χ2v) is 5.25. The average molecular weight is 283 g/mol. The number of anilines is 4. The van der Waals surface area contributed by atoms with Crippen LogP contribution < -0.4 is 15.1 Å². The van der Waals surface area contributed by atoms with Gasteiger partial charge in [-0.1, -0.05) is 19.1 Å². The summed E-state index contributed by atoms with van der Waals surface area (Å²) in [5.41, 5.74) is 2.44. The van der Waals surface area contributed by atoms with Gasteiger partial charge in [0.15, 0.2) is 0 Å². The Morgan fingerprint density at radius 2 is 1.95 bits per heavy atom. The molecule has 21 heavy (non-hydrogen) atoms. The molecule has 0 unspecified atom stereocenters. The van der Waals surface area contributed by atoms with Crippen molar-refractivity contribution in [3.63, 3.8) is 0 Å². The van der Waals surface area contributed by atoms with Gasteiger partial charge in [-0.05, 0) is 18.6 Å². The van der Waals surface area contributed by atoms with E-state index in [1.807, 2.05) is 6.07 Å². The molecule has 2 aromatic rings. The summed E-state index contributed by atoms with van der Waals surface area (Å²) in [6, 6.07) is 10.5. The van der Waals surface area contributed by atoms with Gasteiger partial charge in [0.1, 0.15) is 18.0 Å². The van der Waals surface area contributed by atoms with Crippen molar-refractivity contribution < 1.29 is 0 Å². The first-order valence-corrected chi connectivity index (χ1v) is 7.43. The van der Waals surface area contributed by atoms with Crippen LogP contribution in [-0.2, 0) is 0 Å². The third-order valence-corrected chi connectivity index (χ3v) is 3.73. The lowest BCUT2D eigenvalue weighted by Crippen LogP contribution is -2.36. The zero-order valence-electron chi connectivity index (χ0n) is 12.6. The predicted molar refractivity (Wildman–Crippen MR) is 87.5 cm³/mol. The molecule has 0 amide bonds. The van der Waals surface area contributed by atoms with Gasteiger partial charge in [-0.3, -0.25) is 0 Å². The number of hydrogen-bond donors (Lipinski definition) is 1. The fraction of sp³-hybridized carbons (Fsp3) is 0.375. The maximum absolute atomic E-state index is 4.45. The Morgan fingerprint density at radius 3 is 2.76 bits per heavy atom. The molecule has 3 rings (SSSR count). The van der Waals surface area contributed by atoms with Crippen molar-refractivity contribution in [2.75, 3.05) is 41.8 Å². The summed E-state index contributed by atoms with van der Waals surface area (Å²) < 4.78 is 0. The van der Waals surface area contributed by atoms with Crippen molar-refractivity contribution in [1.82, 2.24) is 9.97 Å². The zero-order chi connectivity index (χ0) is 14.7. The summed E-state index contributed by atoms with van der Waals surface area (Å²) >= 11 is 0. The molecule has 0 fully saturated rings. The Morgan fingerprint density at radius 1 is 1.14 bits per heavy atom. The first-order valence-electron chi connectivity index (χ1n) is 7.43. The molecule has 0 spiro atoms. The lowest BCUT2D eigenvalue weighted by molar-refractivity contribution is 0.811. The van der Waals surface area contributed by atoms with Gasteiger partial charge in [0.25, 0.3) is 0 Å². The summed E-state index contributed by atoms with van der Waals surface area (Å²) in [7, 11) is 2.13. The highest BCUT2D eigenvalue weighted by Crippen LogP contribution is 2.36. The molecule has 2 heterocycles. The topological polar surface area (TPSA) is 44.3 Å². The highest BCUT2D eigenvalue weighted by atomic mass is 15.3. The van der Waals surface area contributed by atoms with Crippen LogP contribution >= 0.6 is 0 Å². The number of para-hydroxylation sites is 2. The first kappa shape index (κ1) is 13.7. The molecular weight excluding hydrogens is 262 g/mol. The SMILES string of the molecule is CCCNc1cc(N2CCN(C)c3ccccc32)ncn1. The molecule has 1 aromatic heterocycles. The quantitative estimate of drug-likeness (QED) is 0.934. The summed E-state index contributed by atoms with van der Waals surface area (Å²) in [5, 5.41) is 3.32. The van der Waals surface area contributed by atoms with Gasteiger partial charge in [-0.2, -0.15) is 0 Å². The van der Waals surface area contributed by atoms with Crippen LogP contribution in [0.2, 0.25) is 0 Å². The second-order valence-electron chi connectivity index (χ2n) is 5.25. The molecule has 5 heteroatoms. The van der Waals surface area contributed by atoms with E-state index < -0.39 is 0 Å². The third-order valence-electron chi connectivity index (χ3n) is 3.73. The highest BCUT2D eigenvalue weighted by molar-refractivity contribution is 5.78. The number of rotatable bonds is 4. The summed E-state index contributed by atoms with van der Waals surface area (Å²) in [5.74, 6) is 1.84. The third kappa shape index (κ3) is 2.77. The molecule has 0 radical (unpaired) electrons. The molecule has 110 valence electrons. The van der Waals surface area contributed by atoms with Crippen molar-refractivity contribution in [2.24, 2.45) is 0 Å². The van der Waals surface area contributed by atoms with Crippen LogP contribution in [-0.4, -0.2) is 36.6 Å². The van der Waals surface area contributed by atoms with E-state index in [0.29, 0.717) is 0 Å². The second kappa shape index (κ2) is 5.99. The van der Waals surface area contributed by atoms with Gasteiger partial charge >= 0.3 is 0 Å². The van der Waals surface area contributed by atoms with E-state index in [9.17, 15) is 0 Å². The van der Waals surface area contributed by atoms with E-state index in [1.54, 1.807) is 6.33 Å². The molecule has 1 aliphatic rings. The fourth-order valence-electron chi connectivity index (χ4n) is 2.59. The van der Waals surface area contributed by atoms with Gasteiger partial charge in [0, 0.05) is 32.7 Å². The van der Waals surface area contributed by atoms with E-state index in [4.69, 9.17) is 0 Å². The molecule has 1 aromatic carbocycles. The Balaban J connectivity index is 1.92. The van der Waals surface area contributed by atoms with Crippen LogP contribution in [0, 0.1) is 0 Å². The first-order chi connectivity index (χ1) is 10.3. The Kier molecular flexibility index (Phi) is 3.90. The van der Waals surface area contributed by atoms with Crippen LogP contribution in [0.5, 0.6) is 0 Å². The van der Waals surface area contributed by atoms with Gasteiger partial charge < -0.3 is 15.1 Å². The highest BCUT2D eigenvalue weighted by Gasteiger charge is 2.21. The molecule has 0 atom stereocenters. The number of aromatic nitrogens is 2. The average Bonchev–Trinajstić information content (AvgIpc) is 2.54. The Labute approximate surface area is 125 Å². The van der Waals surface area contributed by atoms with Gasteiger partial charge in [-0.15, -0.1) is 0 Å². The summed E-state index contributed by atoms with van der Waals surface area (Å²) in [4.78, 5) is 13.3. The summed E-state index contributed by atoms with van der Waals surface area (Å²) in [6.45, 7) is 4.98. The lowest BCUT2D eigenvalue weighted by Gasteiger charge is -2.36. The minimum absolute atomic E-state index is 0.887. The lowest BCUT2D eigenvalue weighted by atomic mass is 10.1. The van der Waals surface area contributed by atoms with Crippen LogP contribution in [0.1, 0.15) is 13.3 Å². The number of likely N-dealkylation sites (N-methyl/N-ethyl adjacent to an activating group) is 1. The van der Waals surface area contributed by atoms with Crippen molar-refractivity contribution in [1.29, 1.82) is 0 Å². The van der Waals surface area contributed by atoms with Crippen LogP contribution in [0.25, 0.3) is 0 Å². The standard InChI is InChI=1S/C16H21N5/c1-3-8-17-15-11-16(19-12-18-15)21-10-9-20(2)13-6-4-5-7-14(13)21/h4-7,11-12H,3,8-10H2,1-2H3,(H,17,18,19). The molecule has 0 bridgehead atoms. The fourth-order valence-corrected chi connectivity index (χ4v) is 2.59. The number of hydrogen-bond acceptors (Lipinski definition) is 5.